The zero-order chi connectivity index (χ0) is 22.5. The van der Waals surface area contributed by atoms with Gasteiger partial charge in [-0.1, -0.05) is 29.8 Å². The van der Waals surface area contributed by atoms with E-state index >= 15 is 0 Å². The first-order valence-electron chi connectivity index (χ1n) is 11.4. The van der Waals surface area contributed by atoms with Gasteiger partial charge in [0.05, 0.1) is 11.0 Å². The predicted molar refractivity (Wildman–Crippen MR) is 126 cm³/mol. The molecule has 168 valence electrons. The number of ether oxygens (including phenoxy) is 1. The van der Waals surface area contributed by atoms with Gasteiger partial charge in [-0.25, -0.2) is 9.78 Å². The molecule has 1 fully saturated rings. The minimum atomic E-state index is -0.337. The number of nitrogens with one attached hydrogen (secondary N) is 2. The zero-order valence-corrected chi connectivity index (χ0v) is 18.8. The van der Waals surface area contributed by atoms with Crippen LogP contribution in [-0.4, -0.2) is 43.8 Å². The van der Waals surface area contributed by atoms with E-state index in [0.717, 1.165) is 61.2 Å². The van der Waals surface area contributed by atoms with E-state index in [4.69, 9.17) is 14.8 Å². The van der Waals surface area contributed by atoms with E-state index in [1.165, 1.54) is 11.1 Å². The van der Waals surface area contributed by atoms with Crippen LogP contribution in [-0.2, 0) is 20.1 Å². The van der Waals surface area contributed by atoms with Gasteiger partial charge in [0.25, 0.3) is 0 Å². The van der Waals surface area contributed by atoms with Gasteiger partial charge >= 0.3 is 6.09 Å². The van der Waals surface area contributed by atoms with Crippen LogP contribution in [0, 0.1) is 6.92 Å². The molecule has 8 heteroatoms. The number of benzene rings is 2. The van der Waals surface area contributed by atoms with E-state index in [0.29, 0.717) is 23.0 Å². The van der Waals surface area contributed by atoms with Gasteiger partial charge in [0.1, 0.15) is 11.4 Å². The highest BCUT2D eigenvalue weighted by Gasteiger charge is 2.28. The number of likely N-dealkylation sites (tertiary alicyclic amines) is 1. The Hall–Kier alpha value is -3.65. The fraction of sp³-hybridized carbons (Fsp3) is 0.320. The first kappa shape index (κ1) is 20.0. The summed E-state index contributed by atoms with van der Waals surface area (Å²) in [6.07, 6.45) is 1.67. The second kappa shape index (κ2) is 7.74. The number of rotatable bonds is 3. The monoisotopic (exact) mass is 442 g/mol. The average Bonchev–Trinajstić information content (AvgIpc) is 3.59. The third kappa shape index (κ3) is 3.47. The molecular formula is C25H26N6O2. The first-order chi connectivity index (χ1) is 16.1. The fourth-order valence-corrected chi connectivity index (χ4v) is 4.73. The second-order valence-corrected chi connectivity index (χ2v) is 8.91. The van der Waals surface area contributed by atoms with Crippen molar-refractivity contribution in [2.24, 2.45) is 7.05 Å². The van der Waals surface area contributed by atoms with Crippen molar-refractivity contribution >= 4 is 17.1 Å². The Morgan fingerprint density at radius 1 is 1.06 bits per heavy atom. The number of aromatic amines is 1. The lowest BCUT2D eigenvalue weighted by Crippen LogP contribution is -2.30. The molecule has 1 amide bonds. The van der Waals surface area contributed by atoms with E-state index in [2.05, 4.69) is 22.4 Å². The van der Waals surface area contributed by atoms with Gasteiger partial charge < -0.3 is 19.9 Å². The van der Waals surface area contributed by atoms with Gasteiger partial charge in [-0.3, -0.25) is 4.68 Å². The number of amides is 1. The van der Waals surface area contributed by atoms with Gasteiger partial charge in [-0.05, 0) is 43.0 Å². The van der Waals surface area contributed by atoms with E-state index in [1.807, 2.05) is 38.2 Å². The van der Waals surface area contributed by atoms with E-state index in [1.54, 1.807) is 9.58 Å². The number of hydrogen-bond acceptors (Lipinski definition) is 5. The summed E-state index contributed by atoms with van der Waals surface area (Å²) in [6, 6.07) is 12.3. The van der Waals surface area contributed by atoms with Crippen LogP contribution in [0.5, 0.6) is 5.75 Å². The predicted octanol–water partition coefficient (Wildman–Crippen LogP) is 4.14. The van der Waals surface area contributed by atoms with Crippen molar-refractivity contribution in [3.05, 3.63) is 53.1 Å². The van der Waals surface area contributed by atoms with Crippen LogP contribution in [0.15, 0.2) is 36.4 Å². The molecule has 33 heavy (non-hydrogen) atoms. The maximum absolute atomic E-state index is 13.0. The normalized spacial score (nSPS) is 15.4. The molecule has 1 saturated heterocycles. The molecule has 4 heterocycles. The smallest absolute Gasteiger partial charge is 0.405 e. The molecule has 2 aromatic heterocycles. The summed E-state index contributed by atoms with van der Waals surface area (Å²) in [5.74, 6) is 1.07. The third-order valence-corrected chi connectivity index (χ3v) is 6.54. The number of nitrogens with zero attached hydrogens (tertiary/aromatic N) is 4. The molecule has 0 unspecified atom stereocenters. The molecule has 0 spiro atoms. The van der Waals surface area contributed by atoms with Gasteiger partial charge in [0.2, 0.25) is 0 Å². The minimum Gasteiger partial charge on any atom is -0.405 e. The molecule has 0 atom stereocenters. The number of hydrogen-bond donors (Lipinski definition) is 2. The Labute approximate surface area is 191 Å². The summed E-state index contributed by atoms with van der Waals surface area (Å²) < 4.78 is 7.77. The van der Waals surface area contributed by atoms with E-state index < -0.39 is 0 Å². The second-order valence-electron chi connectivity index (χ2n) is 8.91. The Balaban J connectivity index is 1.48. The van der Waals surface area contributed by atoms with Crippen molar-refractivity contribution in [2.75, 3.05) is 13.1 Å². The molecule has 6 rings (SSSR count). The SMILES string of the molecule is Cc1ccc(-c2nn(C)c(-c3nc4cc5c(cc4[nH]3)CNC5)c2OC(=O)N2CCCC2)cc1. The van der Waals surface area contributed by atoms with Crippen LogP contribution in [0.4, 0.5) is 4.79 Å². The first-order valence-corrected chi connectivity index (χ1v) is 11.4. The molecule has 2 N–H and O–H groups in total. The Bertz CT molecular complexity index is 1320. The average molecular weight is 443 g/mol. The maximum atomic E-state index is 13.0. The van der Waals surface area contributed by atoms with Crippen LogP contribution < -0.4 is 10.1 Å². The number of H-pyrrole nitrogens is 1. The number of carbonyl (C=O) groups is 1. The van der Waals surface area contributed by atoms with Crippen LogP contribution in [0.1, 0.15) is 29.5 Å². The van der Waals surface area contributed by atoms with E-state index in [9.17, 15) is 4.79 Å². The summed E-state index contributed by atoms with van der Waals surface area (Å²) >= 11 is 0. The van der Waals surface area contributed by atoms with Crippen LogP contribution in [0.2, 0.25) is 0 Å². The minimum absolute atomic E-state index is 0.337. The Morgan fingerprint density at radius 2 is 1.79 bits per heavy atom. The van der Waals surface area contributed by atoms with Gasteiger partial charge in [0.15, 0.2) is 11.6 Å². The van der Waals surface area contributed by atoms with Crippen molar-refractivity contribution in [1.82, 2.24) is 30.0 Å². The number of aromatic nitrogens is 4. The van der Waals surface area contributed by atoms with Crippen molar-refractivity contribution in [3.63, 3.8) is 0 Å². The van der Waals surface area contributed by atoms with Crippen LogP contribution in [0.25, 0.3) is 33.8 Å². The van der Waals surface area contributed by atoms with Crippen molar-refractivity contribution in [3.8, 4) is 28.5 Å². The zero-order valence-electron chi connectivity index (χ0n) is 18.8. The van der Waals surface area contributed by atoms with Gasteiger partial charge in [-0.2, -0.15) is 5.10 Å². The summed E-state index contributed by atoms with van der Waals surface area (Å²) in [7, 11) is 1.86. The largest absolute Gasteiger partial charge is 0.415 e. The van der Waals surface area contributed by atoms with Crippen molar-refractivity contribution in [1.29, 1.82) is 0 Å². The Kier molecular flexibility index (Phi) is 4.69. The molecule has 8 nitrogen and oxygen atoms in total. The highest BCUT2D eigenvalue weighted by Crippen LogP contribution is 2.39. The lowest BCUT2D eigenvalue weighted by molar-refractivity contribution is 0.163. The van der Waals surface area contributed by atoms with Gasteiger partial charge in [0, 0.05) is 38.8 Å². The standard InChI is InChI=1S/C25H26N6O2/c1-15-5-7-16(8-6-15)21-23(33-25(32)31-9-3-4-10-31)22(30(2)29-21)24-27-19-11-17-13-26-14-18(17)12-20(19)28-24/h5-8,11-12,26H,3-4,9-10,13-14H2,1-2H3,(H,27,28). The Morgan fingerprint density at radius 3 is 2.55 bits per heavy atom. The highest BCUT2D eigenvalue weighted by atomic mass is 16.6. The summed E-state index contributed by atoms with van der Waals surface area (Å²) in [6.45, 7) is 5.21. The molecule has 0 bridgehead atoms. The molecule has 4 aromatic rings. The maximum Gasteiger partial charge on any atom is 0.415 e. The van der Waals surface area contributed by atoms with E-state index in [-0.39, 0.29) is 6.09 Å². The van der Waals surface area contributed by atoms with Crippen molar-refractivity contribution in [2.45, 2.75) is 32.9 Å². The number of aryl methyl sites for hydroxylation is 2. The quantitative estimate of drug-likeness (QED) is 0.498. The number of fused-ring (bicyclic) bond motifs is 2. The number of carbonyl (C=O) groups excluding carboxylic acids is 1. The molecular weight excluding hydrogens is 416 g/mol. The molecule has 2 aliphatic rings. The summed E-state index contributed by atoms with van der Waals surface area (Å²) in [5.41, 5.74) is 7.75. The molecule has 2 aromatic carbocycles. The fourth-order valence-electron chi connectivity index (χ4n) is 4.73. The summed E-state index contributed by atoms with van der Waals surface area (Å²) in [5, 5.41) is 8.12. The van der Waals surface area contributed by atoms with Crippen molar-refractivity contribution < 1.29 is 9.53 Å². The van der Waals surface area contributed by atoms with Crippen LogP contribution >= 0.6 is 0 Å². The topological polar surface area (TPSA) is 88.1 Å². The number of imidazole rings is 1. The lowest BCUT2D eigenvalue weighted by atomic mass is 10.1. The lowest BCUT2D eigenvalue weighted by Gasteiger charge is -2.15. The molecule has 0 radical (unpaired) electrons. The van der Waals surface area contributed by atoms with Crippen LogP contribution in [0.3, 0.4) is 0 Å². The molecule has 2 aliphatic heterocycles. The third-order valence-electron chi connectivity index (χ3n) is 6.54. The van der Waals surface area contributed by atoms with Gasteiger partial charge in [-0.15, -0.1) is 0 Å². The molecule has 0 saturated carbocycles. The highest BCUT2D eigenvalue weighted by molar-refractivity contribution is 5.86. The molecule has 0 aliphatic carbocycles. The summed E-state index contributed by atoms with van der Waals surface area (Å²) in [4.78, 5) is 23.0.